The van der Waals surface area contributed by atoms with Crippen LogP contribution in [0.2, 0.25) is 0 Å². The van der Waals surface area contributed by atoms with Crippen LogP contribution in [-0.2, 0) is 4.79 Å². The van der Waals surface area contributed by atoms with Gasteiger partial charge < -0.3 is 15.7 Å². The van der Waals surface area contributed by atoms with Crippen molar-refractivity contribution in [2.75, 3.05) is 0 Å². The number of rotatable bonds is 8. The molecule has 0 aromatic carbocycles. The van der Waals surface area contributed by atoms with Gasteiger partial charge in [0, 0.05) is 6.04 Å². The maximum absolute atomic E-state index is 11.8. The molecule has 3 unspecified atom stereocenters. The zero-order valence-corrected chi connectivity index (χ0v) is 12.7. The maximum atomic E-state index is 11.8. The first-order valence-electron chi connectivity index (χ1n) is 7.07. The number of hydrogen-bond acceptors (Lipinski definition) is 2. The van der Waals surface area contributed by atoms with E-state index in [1.165, 1.54) is 6.92 Å². The monoisotopic (exact) mass is 272 g/mol. The minimum atomic E-state index is -1.20. The van der Waals surface area contributed by atoms with E-state index >= 15 is 0 Å². The number of urea groups is 1. The van der Waals surface area contributed by atoms with Crippen molar-refractivity contribution < 1.29 is 14.7 Å². The van der Waals surface area contributed by atoms with E-state index in [4.69, 9.17) is 0 Å². The van der Waals surface area contributed by atoms with Crippen molar-refractivity contribution in [1.82, 2.24) is 10.6 Å². The molecule has 3 atom stereocenters. The van der Waals surface area contributed by atoms with Gasteiger partial charge in [-0.2, -0.15) is 0 Å². The molecule has 0 aromatic heterocycles. The van der Waals surface area contributed by atoms with Crippen LogP contribution in [0, 0.1) is 5.92 Å². The van der Waals surface area contributed by atoms with Gasteiger partial charge in [0.05, 0.1) is 0 Å². The predicted octanol–water partition coefficient (Wildman–Crippen LogP) is 2.75. The van der Waals surface area contributed by atoms with Crippen molar-refractivity contribution in [2.45, 2.75) is 71.9 Å². The third-order valence-electron chi connectivity index (χ3n) is 3.44. The first-order valence-corrected chi connectivity index (χ1v) is 7.07. The Morgan fingerprint density at radius 1 is 1.26 bits per heavy atom. The molecule has 0 saturated heterocycles. The number of carbonyl (C=O) groups is 2. The third-order valence-corrected chi connectivity index (χ3v) is 3.44. The summed E-state index contributed by atoms with van der Waals surface area (Å²) in [5, 5.41) is 14.6. The van der Waals surface area contributed by atoms with Gasteiger partial charge in [-0.15, -0.1) is 0 Å². The van der Waals surface area contributed by atoms with E-state index in [-0.39, 0.29) is 6.04 Å². The smallest absolute Gasteiger partial charge is 0.329 e. The first-order chi connectivity index (χ1) is 8.75. The second kappa shape index (κ2) is 8.02. The van der Waals surface area contributed by atoms with Crippen LogP contribution in [0.25, 0.3) is 0 Å². The molecule has 0 rings (SSSR count). The molecule has 3 N–H and O–H groups in total. The van der Waals surface area contributed by atoms with E-state index in [1.807, 2.05) is 13.8 Å². The summed E-state index contributed by atoms with van der Waals surface area (Å²) in [7, 11) is 0. The molecule has 0 spiro atoms. The summed E-state index contributed by atoms with van der Waals surface area (Å²) >= 11 is 0. The van der Waals surface area contributed by atoms with Crippen LogP contribution in [0.4, 0.5) is 4.79 Å². The third kappa shape index (κ3) is 6.45. The van der Waals surface area contributed by atoms with Gasteiger partial charge in [-0.1, -0.05) is 33.6 Å². The molecule has 5 nitrogen and oxygen atoms in total. The number of aliphatic carboxylic acids is 1. The number of hydrogen-bond donors (Lipinski definition) is 3. The maximum Gasteiger partial charge on any atom is 0.329 e. The van der Waals surface area contributed by atoms with Crippen LogP contribution < -0.4 is 10.6 Å². The number of nitrogens with one attached hydrogen (secondary N) is 2. The minimum Gasteiger partial charge on any atom is -0.480 e. The van der Waals surface area contributed by atoms with Crippen LogP contribution in [-0.4, -0.2) is 28.7 Å². The summed E-state index contributed by atoms with van der Waals surface area (Å²) in [6.07, 6.45) is 3.07. The van der Waals surface area contributed by atoms with E-state index in [0.717, 1.165) is 12.8 Å². The van der Waals surface area contributed by atoms with Gasteiger partial charge in [-0.3, -0.25) is 0 Å². The van der Waals surface area contributed by atoms with Gasteiger partial charge in [0.15, 0.2) is 0 Å². The van der Waals surface area contributed by atoms with Gasteiger partial charge in [-0.25, -0.2) is 9.59 Å². The molecular formula is C14H28N2O3. The Labute approximate surface area is 116 Å². The fourth-order valence-electron chi connectivity index (χ4n) is 2.06. The molecule has 19 heavy (non-hydrogen) atoms. The van der Waals surface area contributed by atoms with Crippen LogP contribution in [0.1, 0.15) is 60.3 Å². The Morgan fingerprint density at radius 2 is 1.84 bits per heavy atom. The van der Waals surface area contributed by atoms with E-state index in [2.05, 4.69) is 24.5 Å². The molecular weight excluding hydrogens is 244 g/mol. The Bertz CT molecular complexity index is 307. The van der Waals surface area contributed by atoms with E-state index < -0.39 is 17.5 Å². The second-order valence-electron chi connectivity index (χ2n) is 5.64. The highest BCUT2D eigenvalue weighted by atomic mass is 16.4. The largest absolute Gasteiger partial charge is 0.480 e. The lowest BCUT2D eigenvalue weighted by atomic mass is 9.96. The fraction of sp³-hybridized carbons (Fsp3) is 0.857. The highest BCUT2D eigenvalue weighted by Crippen LogP contribution is 2.13. The quantitative estimate of drug-likeness (QED) is 0.635. The lowest BCUT2D eigenvalue weighted by molar-refractivity contribution is -0.144. The average Bonchev–Trinajstić information content (AvgIpc) is 2.28. The Kier molecular flexibility index (Phi) is 7.49. The first kappa shape index (κ1) is 17.7. The molecule has 0 fully saturated rings. The lowest BCUT2D eigenvalue weighted by Crippen LogP contribution is -2.56. The molecule has 0 heterocycles. The van der Waals surface area contributed by atoms with Crippen LogP contribution in [0.3, 0.4) is 0 Å². The normalized spacial score (nSPS) is 17.1. The van der Waals surface area contributed by atoms with Crippen molar-refractivity contribution in [2.24, 2.45) is 5.92 Å². The van der Waals surface area contributed by atoms with Gasteiger partial charge >= 0.3 is 12.0 Å². The zero-order chi connectivity index (χ0) is 15.1. The number of amides is 2. The summed E-state index contributed by atoms with van der Waals surface area (Å²) in [6.45, 7) is 9.61. The highest BCUT2D eigenvalue weighted by Gasteiger charge is 2.34. The molecule has 0 bridgehead atoms. The second-order valence-corrected chi connectivity index (χ2v) is 5.64. The van der Waals surface area contributed by atoms with E-state index in [0.29, 0.717) is 18.8 Å². The molecule has 0 aliphatic heterocycles. The van der Waals surface area contributed by atoms with Crippen molar-refractivity contribution in [3.63, 3.8) is 0 Å². The lowest BCUT2D eigenvalue weighted by Gasteiger charge is -2.27. The molecule has 2 amide bonds. The molecule has 5 heteroatoms. The summed E-state index contributed by atoms with van der Waals surface area (Å²) in [6, 6.07) is -0.372. The summed E-state index contributed by atoms with van der Waals surface area (Å²) in [4.78, 5) is 23.0. The van der Waals surface area contributed by atoms with Crippen molar-refractivity contribution >= 4 is 12.0 Å². The van der Waals surface area contributed by atoms with Gasteiger partial charge in [0.1, 0.15) is 5.54 Å². The molecule has 0 aromatic rings. The summed E-state index contributed by atoms with van der Waals surface area (Å²) in [5.74, 6) is -0.462. The zero-order valence-electron chi connectivity index (χ0n) is 12.7. The molecule has 112 valence electrons. The van der Waals surface area contributed by atoms with Gasteiger partial charge in [0.25, 0.3) is 0 Å². The SMILES string of the molecule is CCCC(C)(NC(=O)NC(C)CC(C)CC)C(=O)O. The van der Waals surface area contributed by atoms with Gasteiger partial charge in [0.2, 0.25) is 0 Å². The standard InChI is InChI=1S/C14H28N2O3/c1-6-8-14(5,12(17)18)16-13(19)15-11(4)9-10(3)7-2/h10-11H,6-9H2,1-5H3,(H,17,18)(H2,15,16,19). The van der Waals surface area contributed by atoms with E-state index in [1.54, 1.807) is 0 Å². The van der Waals surface area contributed by atoms with E-state index in [9.17, 15) is 14.7 Å². The molecule has 0 radical (unpaired) electrons. The average molecular weight is 272 g/mol. The number of carbonyl (C=O) groups excluding carboxylic acids is 1. The number of carboxylic acids is 1. The minimum absolute atomic E-state index is 0.0367. The summed E-state index contributed by atoms with van der Waals surface area (Å²) in [5.41, 5.74) is -1.20. The highest BCUT2D eigenvalue weighted by molar-refractivity contribution is 5.85. The van der Waals surface area contributed by atoms with Crippen LogP contribution in [0.15, 0.2) is 0 Å². The fourth-order valence-corrected chi connectivity index (χ4v) is 2.06. The molecule has 0 saturated carbocycles. The van der Waals surface area contributed by atoms with Crippen molar-refractivity contribution in [3.05, 3.63) is 0 Å². The Balaban J connectivity index is 4.39. The summed E-state index contributed by atoms with van der Waals surface area (Å²) < 4.78 is 0. The topological polar surface area (TPSA) is 78.4 Å². The molecule has 0 aliphatic rings. The molecule has 0 aliphatic carbocycles. The Hall–Kier alpha value is -1.26. The van der Waals surface area contributed by atoms with Crippen molar-refractivity contribution in [1.29, 1.82) is 0 Å². The predicted molar refractivity (Wildman–Crippen MR) is 76.2 cm³/mol. The van der Waals surface area contributed by atoms with Crippen molar-refractivity contribution in [3.8, 4) is 0 Å². The van der Waals surface area contributed by atoms with Gasteiger partial charge in [-0.05, 0) is 32.6 Å². The van der Waals surface area contributed by atoms with Crippen LogP contribution >= 0.6 is 0 Å². The Morgan fingerprint density at radius 3 is 2.26 bits per heavy atom. The van der Waals surface area contributed by atoms with Crippen LogP contribution in [0.5, 0.6) is 0 Å². The number of carboxylic acid groups (broad SMARTS) is 1.